The molecule has 0 spiro atoms. The van der Waals surface area contributed by atoms with Gasteiger partial charge in [-0.1, -0.05) is 11.6 Å². The maximum atomic E-state index is 10.9. The van der Waals surface area contributed by atoms with Gasteiger partial charge in [-0.15, -0.1) is 0 Å². The van der Waals surface area contributed by atoms with E-state index in [-0.39, 0.29) is 11.0 Å². The third kappa shape index (κ3) is 3.73. The molecule has 0 atom stereocenters. The molecule has 0 aliphatic rings. The van der Waals surface area contributed by atoms with Gasteiger partial charge >= 0.3 is 0 Å². The number of carbonyl (C=O) groups excluding carboxylic acids is 1. The molecule has 0 aliphatic carbocycles. The molecule has 0 bridgehead atoms. The fourth-order valence-corrected chi connectivity index (χ4v) is 1.33. The molecule has 0 fully saturated rings. The number of thiocarbonyl (C=S) groups is 1. The van der Waals surface area contributed by atoms with Gasteiger partial charge in [0, 0.05) is 11.9 Å². The van der Waals surface area contributed by atoms with Crippen LogP contribution in [0.2, 0.25) is 5.02 Å². The highest BCUT2D eigenvalue weighted by molar-refractivity contribution is 7.80. The molecule has 1 aromatic rings. The Bertz CT molecular complexity index is 408. The van der Waals surface area contributed by atoms with Crippen molar-refractivity contribution in [3.05, 3.63) is 23.2 Å². The van der Waals surface area contributed by atoms with Crippen LogP contribution in [0.15, 0.2) is 18.2 Å². The first-order chi connectivity index (χ1) is 6.99. The smallest absolute Gasteiger partial charge is 0.221 e. The Hall–Kier alpha value is -1.33. The molecule has 0 radical (unpaired) electrons. The monoisotopic (exact) mass is 243 g/mol. The average Bonchev–Trinajstić information content (AvgIpc) is 2.08. The summed E-state index contributed by atoms with van der Waals surface area (Å²) in [7, 11) is 0. The molecule has 0 unspecified atom stereocenters. The van der Waals surface area contributed by atoms with Crippen molar-refractivity contribution in [3.63, 3.8) is 0 Å². The minimum Gasteiger partial charge on any atom is -0.376 e. The molecule has 1 rings (SSSR count). The lowest BCUT2D eigenvalue weighted by Crippen LogP contribution is -2.20. The van der Waals surface area contributed by atoms with Crippen LogP contribution in [0, 0.1) is 0 Å². The maximum Gasteiger partial charge on any atom is 0.221 e. The summed E-state index contributed by atoms with van der Waals surface area (Å²) in [5.74, 6) is -0.177. The largest absolute Gasteiger partial charge is 0.376 e. The summed E-state index contributed by atoms with van der Waals surface area (Å²) in [6, 6.07) is 4.97. The first-order valence-electron chi connectivity index (χ1n) is 4.12. The van der Waals surface area contributed by atoms with Crippen LogP contribution in [0.3, 0.4) is 0 Å². The molecule has 0 heterocycles. The first kappa shape index (κ1) is 11.7. The summed E-state index contributed by atoms with van der Waals surface area (Å²) in [4.78, 5) is 10.9. The van der Waals surface area contributed by atoms with E-state index >= 15 is 0 Å². The van der Waals surface area contributed by atoms with Crippen molar-refractivity contribution in [2.45, 2.75) is 6.92 Å². The lowest BCUT2D eigenvalue weighted by atomic mass is 10.2. The minimum absolute atomic E-state index is 0.115. The number of anilines is 2. The molecule has 15 heavy (non-hydrogen) atoms. The number of hydrogen-bond acceptors (Lipinski definition) is 2. The highest BCUT2D eigenvalue weighted by Gasteiger charge is 2.05. The van der Waals surface area contributed by atoms with Crippen LogP contribution < -0.4 is 16.4 Å². The van der Waals surface area contributed by atoms with Crippen molar-refractivity contribution in [1.82, 2.24) is 0 Å². The maximum absolute atomic E-state index is 10.9. The molecule has 1 aromatic carbocycles. The second-order valence-electron chi connectivity index (χ2n) is 2.86. The number of rotatable bonds is 2. The highest BCUT2D eigenvalue weighted by Crippen LogP contribution is 2.25. The summed E-state index contributed by atoms with van der Waals surface area (Å²) < 4.78 is 0. The summed E-state index contributed by atoms with van der Waals surface area (Å²) in [5.41, 5.74) is 6.50. The molecule has 1 amide bonds. The van der Waals surface area contributed by atoms with E-state index < -0.39 is 0 Å². The first-order valence-corrected chi connectivity index (χ1v) is 4.91. The molecule has 80 valence electrons. The minimum atomic E-state index is -0.177. The zero-order chi connectivity index (χ0) is 11.4. The summed E-state index contributed by atoms with van der Waals surface area (Å²) in [5, 5.41) is 6.01. The Morgan fingerprint density at radius 1 is 1.40 bits per heavy atom. The Morgan fingerprint density at radius 3 is 2.60 bits per heavy atom. The van der Waals surface area contributed by atoms with Gasteiger partial charge in [-0.2, -0.15) is 0 Å². The lowest BCUT2D eigenvalue weighted by Gasteiger charge is -2.11. The van der Waals surface area contributed by atoms with Gasteiger partial charge in [0.15, 0.2) is 5.11 Å². The van der Waals surface area contributed by atoms with E-state index in [1.165, 1.54) is 6.92 Å². The van der Waals surface area contributed by atoms with E-state index in [1.54, 1.807) is 18.2 Å². The van der Waals surface area contributed by atoms with Crippen LogP contribution in [0.25, 0.3) is 0 Å². The number of halogens is 1. The van der Waals surface area contributed by atoms with E-state index in [1.807, 2.05) is 0 Å². The number of nitrogens with two attached hydrogens (primary N) is 1. The third-order valence-corrected chi connectivity index (χ3v) is 1.89. The normalized spacial score (nSPS) is 9.47. The third-order valence-electron chi connectivity index (χ3n) is 1.55. The van der Waals surface area contributed by atoms with Crippen molar-refractivity contribution in [1.29, 1.82) is 0 Å². The number of hydrogen-bond donors (Lipinski definition) is 3. The van der Waals surface area contributed by atoms with Gasteiger partial charge in [0.25, 0.3) is 0 Å². The fourth-order valence-electron chi connectivity index (χ4n) is 1.05. The molecule has 4 nitrogen and oxygen atoms in total. The lowest BCUT2D eigenvalue weighted by molar-refractivity contribution is -0.114. The van der Waals surface area contributed by atoms with Gasteiger partial charge in [0.2, 0.25) is 5.91 Å². The second-order valence-corrected chi connectivity index (χ2v) is 3.74. The predicted octanol–water partition coefficient (Wildman–Crippen LogP) is 1.95. The quantitative estimate of drug-likeness (QED) is 0.695. The predicted molar refractivity (Wildman–Crippen MR) is 66.2 cm³/mol. The fraction of sp³-hybridized carbons (Fsp3) is 0.111. The molecule has 0 aromatic heterocycles. The van der Waals surface area contributed by atoms with Crippen LogP contribution in [0.1, 0.15) is 6.92 Å². The van der Waals surface area contributed by atoms with Crippen molar-refractivity contribution in [3.8, 4) is 0 Å². The van der Waals surface area contributed by atoms with Gasteiger partial charge in [-0.3, -0.25) is 4.79 Å². The number of amides is 1. The summed E-state index contributed by atoms with van der Waals surface area (Å²) in [6.45, 7) is 1.42. The molecular weight excluding hydrogens is 234 g/mol. The Kier molecular flexibility index (Phi) is 3.88. The van der Waals surface area contributed by atoms with E-state index in [9.17, 15) is 4.79 Å². The summed E-state index contributed by atoms with van der Waals surface area (Å²) >= 11 is 10.5. The zero-order valence-electron chi connectivity index (χ0n) is 8.00. The molecular formula is C9H10ClN3OS. The van der Waals surface area contributed by atoms with E-state index in [0.717, 1.165) is 0 Å². The van der Waals surface area contributed by atoms with Crippen LogP contribution in [-0.4, -0.2) is 11.0 Å². The molecule has 6 heteroatoms. The van der Waals surface area contributed by atoms with Gasteiger partial charge in [0.1, 0.15) is 0 Å². The van der Waals surface area contributed by atoms with Crippen LogP contribution in [-0.2, 0) is 4.79 Å². The molecule has 0 saturated heterocycles. The number of carbonyl (C=O) groups is 1. The number of benzene rings is 1. The van der Waals surface area contributed by atoms with Gasteiger partial charge in [-0.25, -0.2) is 0 Å². The van der Waals surface area contributed by atoms with E-state index in [0.29, 0.717) is 16.4 Å². The van der Waals surface area contributed by atoms with Crippen molar-refractivity contribution in [2.24, 2.45) is 5.73 Å². The van der Waals surface area contributed by atoms with Crippen molar-refractivity contribution < 1.29 is 4.79 Å². The average molecular weight is 244 g/mol. The van der Waals surface area contributed by atoms with Gasteiger partial charge < -0.3 is 16.4 Å². The molecule has 4 N–H and O–H groups in total. The van der Waals surface area contributed by atoms with Crippen molar-refractivity contribution in [2.75, 3.05) is 10.6 Å². The molecule has 0 aliphatic heterocycles. The number of nitrogens with one attached hydrogen (secondary N) is 2. The zero-order valence-corrected chi connectivity index (χ0v) is 9.58. The second kappa shape index (κ2) is 4.95. The van der Waals surface area contributed by atoms with Crippen molar-refractivity contribution >= 4 is 46.2 Å². The Morgan fingerprint density at radius 2 is 2.07 bits per heavy atom. The topological polar surface area (TPSA) is 67.2 Å². The standard InChI is InChI=1S/C9H10ClN3OS/c1-5(14)12-7-3-2-6(10)4-8(7)13-9(11)15/h2-4H,1H3,(H,12,14)(H3,11,13,15). The van der Waals surface area contributed by atoms with E-state index in [2.05, 4.69) is 10.6 Å². The highest BCUT2D eigenvalue weighted by atomic mass is 35.5. The Labute approximate surface area is 97.8 Å². The van der Waals surface area contributed by atoms with Gasteiger partial charge in [0.05, 0.1) is 11.4 Å². The van der Waals surface area contributed by atoms with Crippen LogP contribution in [0.5, 0.6) is 0 Å². The summed E-state index contributed by atoms with van der Waals surface area (Å²) in [6.07, 6.45) is 0. The SMILES string of the molecule is CC(=O)Nc1ccc(Cl)cc1NC(N)=S. The van der Waals surface area contributed by atoms with Crippen LogP contribution in [0.4, 0.5) is 11.4 Å². The van der Waals surface area contributed by atoms with Crippen LogP contribution >= 0.6 is 23.8 Å². The molecule has 0 saturated carbocycles. The Balaban J connectivity index is 3.02. The van der Waals surface area contributed by atoms with E-state index in [4.69, 9.17) is 29.6 Å². The van der Waals surface area contributed by atoms with Gasteiger partial charge in [-0.05, 0) is 30.4 Å².